The van der Waals surface area contributed by atoms with E-state index >= 15 is 0 Å². The summed E-state index contributed by atoms with van der Waals surface area (Å²) in [6.45, 7) is -1.49. The van der Waals surface area contributed by atoms with Crippen LogP contribution in [0, 0.1) is 0 Å². The van der Waals surface area contributed by atoms with Crippen LogP contribution in [0.5, 0.6) is 0 Å². The minimum atomic E-state index is -4.55. The summed E-state index contributed by atoms with van der Waals surface area (Å²) in [6.07, 6.45) is -5.72. The average Bonchev–Trinajstić information content (AvgIpc) is 2.42. The first-order valence-electron chi connectivity index (χ1n) is 6.11. The second-order valence-corrected chi connectivity index (χ2v) is 4.40. The first-order valence-corrected chi connectivity index (χ1v) is 6.11. The molecule has 3 nitrogen and oxygen atoms in total. The topological polar surface area (TPSA) is 29.5 Å². The Morgan fingerprint density at radius 3 is 2.70 bits per heavy atom. The van der Waals surface area contributed by atoms with Gasteiger partial charge in [-0.05, 0) is 24.5 Å². The molecule has 0 radical (unpaired) electrons. The number of benzene rings is 1. The van der Waals surface area contributed by atoms with E-state index in [1.54, 1.807) is 18.2 Å². The molecule has 2 rings (SSSR count). The molecule has 1 aromatic rings. The molecule has 0 bridgehead atoms. The molecule has 0 aliphatic carbocycles. The molecule has 1 amide bonds. The predicted octanol–water partition coefficient (Wildman–Crippen LogP) is 3.48. The molecular formula is C13H13F4NO2. The Balaban J connectivity index is 2.36. The molecule has 1 unspecified atom stereocenters. The highest BCUT2D eigenvalue weighted by molar-refractivity contribution is 5.90. The molecule has 1 aromatic carbocycles. The summed E-state index contributed by atoms with van der Waals surface area (Å²) in [6, 6.07) is 4.40. The molecule has 0 saturated carbocycles. The van der Waals surface area contributed by atoms with Crippen LogP contribution in [0.1, 0.15) is 12.0 Å². The van der Waals surface area contributed by atoms with Gasteiger partial charge in [-0.15, -0.1) is 0 Å². The van der Waals surface area contributed by atoms with Crippen molar-refractivity contribution in [2.45, 2.75) is 25.1 Å². The molecule has 0 saturated heterocycles. The lowest BCUT2D eigenvalue weighted by Gasteiger charge is -2.37. The lowest BCUT2D eigenvalue weighted by atomic mass is 9.96. The van der Waals surface area contributed by atoms with E-state index in [4.69, 9.17) is 0 Å². The number of para-hydroxylation sites is 1. The van der Waals surface area contributed by atoms with E-state index in [2.05, 4.69) is 4.74 Å². The van der Waals surface area contributed by atoms with E-state index in [1.165, 1.54) is 6.07 Å². The molecule has 0 aromatic heterocycles. The number of carbonyl (C=O) groups excluding carboxylic acids is 1. The molecule has 1 heterocycles. The number of halogens is 4. The molecule has 0 N–H and O–H groups in total. The summed E-state index contributed by atoms with van der Waals surface area (Å²) < 4.78 is 55.7. The number of alkyl halides is 4. The summed E-state index contributed by atoms with van der Waals surface area (Å²) in [7, 11) is 0. The lowest BCUT2D eigenvalue weighted by molar-refractivity contribution is -0.150. The van der Waals surface area contributed by atoms with Gasteiger partial charge < -0.3 is 4.74 Å². The lowest BCUT2D eigenvalue weighted by Crippen LogP contribution is -2.52. The van der Waals surface area contributed by atoms with Crippen LogP contribution in [-0.2, 0) is 11.2 Å². The smallest absolute Gasteiger partial charge is 0.414 e. The monoisotopic (exact) mass is 291 g/mol. The Hall–Kier alpha value is -1.79. The van der Waals surface area contributed by atoms with Crippen LogP contribution >= 0.6 is 0 Å². The normalized spacial score (nSPS) is 18.6. The summed E-state index contributed by atoms with van der Waals surface area (Å²) in [5, 5.41) is 0. The molecule has 0 fully saturated rings. The number of ether oxygens (including phenoxy) is 1. The number of hydrogen-bond donors (Lipinski definition) is 0. The third-order valence-electron chi connectivity index (χ3n) is 3.13. The molecule has 1 aliphatic rings. The van der Waals surface area contributed by atoms with Crippen molar-refractivity contribution < 1.29 is 27.1 Å². The van der Waals surface area contributed by atoms with Crippen molar-refractivity contribution in [3.8, 4) is 0 Å². The Bertz CT molecular complexity index is 490. The second-order valence-electron chi connectivity index (χ2n) is 4.40. The average molecular weight is 291 g/mol. The van der Waals surface area contributed by atoms with Gasteiger partial charge >= 0.3 is 12.3 Å². The summed E-state index contributed by atoms with van der Waals surface area (Å²) in [5.41, 5.74) is 0.815. The SMILES string of the molecule is O=C(OCCF)N1c2ccccc2CCC1C(F)(F)F. The van der Waals surface area contributed by atoms with Gasteiger partial charge in [0.2, 0.25) is 0 Å². The third-order valence-corrected chi connectivity index (χ3v) is 3.13. The maximum atomic E-state index is 13.0. The Kier molecular flexibility index (Phi) is 4.15. The van der Waals surface area contributed by atoms with Crippen LogP contribution in [0.2, 0.25) is 0 Å². The largest absolute Gasteiger partial charge is 0.446 e. The van der Waals surface area contributed by atoms with Crippen LogP contribution in [0.25, 0.3) is 0 Å². The maximum Gasteiger partial charge on any atom is 0.414 e. The maximum absolute atomic E-state index is 13.0. The zero-order valence-corrected chi connectivity index (χ0v) is 10.5. The van der Waals surface area contributed by atoms with Gasteiger partial charge in [-0.2, -0.15) is 13.2 Å². The van der Waals surface area contributed by atoms with Crippen molar-refractivity contribution in [1.29, 1.82) is 0 Å². The molecule has 110 valence electrons. The van der Waals surface area contributed by atoms with Crippen molar-refractivity contribution in [3.05, 3.63) is 29.8 Å². The number of amides is 1. The highest BCUT2D eigenvalue weighted by Gasteiger charge is 2.48. The van der Waals surface area contributed by atoms with Gasteiger partial charge in [0, 0.05) is 0 Å². The van der Waals surface area contributed by atoms with Gasteiger partial charge in [0.1, 0.15) is 19.3 Å². The molecule has 1 aliphatic heterocycles. The third kappa shape index (κ3) is 2.86. The minimum absolute atomic E-state index is 0.171. The zero-order valence-electron chi connectivity index (χ0n) is 10.5. The summed E-state index contributed by atoms with van der Waals surface area (Å²) in [4.78, 5) is 12.4. The summed E-state index contributed by atoms with van der Waals surface area (Å²) in [5.74, 6) is 0. The highest BCUT2D eigenvalue weighted by atomic mass is 19.4. The highest BCUT2D eigenvalue weighted by Crippen LogP contribution is 2.38. The molecule has 1 atom stereocenters. The van der Waals surface area contributed by atoms with Crippen LogP contribution in [0.3, 0.4) is 0 Å². The number of aryl methyl sites for hydroxylation is 1. The Morgan fingerprint density at radius 2 is 2.05 bits per heavy atom. The van der Waals surface area contributed by atoms with E-state index in [9.17, 15) is 22.4 Å². The number of rotatable bonds is 2. The van der Waals surface area contributed by atoms with Gasteiger partial charge in [-0.25, -0.2) is 9.18 Å². The van der Waals surface area contributed by atoms with Gasteiger partial charge in [-0.1, -0.05) is 18.2 Å². The summed E-state index contributed by atoms with van der Waals surface area (Å²) >= 11 is 0. The van der Waals surface area contributed by atoms with Crippen molar-refractivity contribution in [2.24, 2.45) is 0 Å². The van der Waals surface area contributed by atoms with E-state index in [0.717, 1.165) is 0 Å². The first kappa shape index (κ1) is 14.6. The zero-order chi connectivity index (χ0) is 14.8. The van der Waals surface area contributed by atoms with Crippen molar-refractivity contribution >= 4 is 11.8 Å². The first-order chi connectivity index (χ1) is 9.45. The fourth-order valence-corrected chi connectivity index (χ4v) is 2.28. The van der Waals surface area contributed by atoms with Crippen molar-refractivity contribution in [1.82, 2.24) is 0 Å². The number of hydrogen-bond acceptors (Lipinski definition) is 2. The van der Waals surface area contributed by atoms with Crippen LogP contribution in [0.4, 0.5) is 28.0 Å². The van der Waals surface area contributed by atoms with Gasteiger partial charge in [-0.3, -0.25) is 4.90 Å². The molecular weight excluding hydrogens is 278 g/mol. The van der Waals surface area contributed by atoms with E-state index in [1.807, 2.05) is 0 Å². The number of nitrogens with zero attached hydrogens (tertiary/aromatic N) is 1. The van der Waals surface area contributed by atoms with Gasteiger partial charge in [0.15, 0.2) is 0 Å². The van der Waals surface area contributed by atoms with Crippen LogP contribution in [-0.4, -0.2) is 31.6 Å². The van der Waals surface area contributed by atoms with Gasteiger partial charge in [0.05, 0.1) is 5.69 Å². The predicted molar refractivity (Wildman–Crippen MR) is 64.4 cm³/mol. The van der Waals surface area contributed by atoms with E-state index < -0.39 is 31.6 Å². The molecule has 0 spiro atoms. The number of carbonyl (C=O) groups is 1. The Labute approximate surface area is 113 Å². The second kappa shape index (κ2) is 5.68. The molecule has 20 heavy (non-hydrogen) atoms. The quantitative estimate of drug-likeness (QED) is 0.781. The van der Waals surface area contributed by atoms with E-state index in [0.29, 0.717) is 10.5 Å². The standard InChI is InChI=1S/C13H13F4NO2/c14-7-8-20-12(19)18-10-4-2-1-3-9(10)5-6-11(18)13(15,16)17/h1-4,11H,5-8H2. The molecule has 7 heteroatoms. The fraction of sp³-hybridized carbons (Fsp3) is 0.462. The van der Waals surface area contributed by atoms with Crippen molar-refractivity contribution in [3.63, 3.8) is 0 Å². The number of anilines is 1. The van der Waals surface area contributed by atoms with Crippen LogP contribution < -0.4 is 4.90 Å². The van der Waals surface area contributed by atoms with Gasteiger partial charge in [0.25, 0.3) is 0 Å². The Morgan fingerprint density at radius 1 is 1.35 bits per heavy atom. The fourth-order valence-electron chi connectivity index (χ4n) is 2.28. The number of fused-ring (bicyclic) bond motifs is 1. The van der Waals surface area contributed by atoms with Crippen LogP contribution in [0.15, 0.2) is 24.3 Å². The van der Waals surface area contributed by atoms with E-state index in [-0.39, 0.29) is 18.5 Å². The minimum Gasteiger partial charge on any atom is -0.446 e. The van der Waals surface area contributed by atoms with Crippen molar-refractivity contribution in [2.75, 3.05) is 18.2 Å².